The Morgan fingerprint density at radius 1 is 1.22 bits per heavy atom. The maximum atomic E-state index is 12.2. The van der Waals surface area contributed by atoms with Crippen molar-refractivity contribution in [1.29, 1.82) is 0 Å². The lowest BCUT2D eigenvalue weighted by Gasteiger charge is -2.16. The summed E-state index contributed by atoms with van der Waals surface area (Å²) < 4.78 is 27.0. The van der Waals surface area contributed by atoms with Crippen LogP contribution in [0.1, 0.15) is 28.6 Å². The van der Waals surface area contributed by atoms with Crippen molar-refractivity contribution in [2.24, 2.45) is 0 Å². The van der Waals surface area contributed by atoms with E-state index < -0.39 is 10.0 Å². The average molecular weight is 352 g/mol. The Morgan fingerprint density at radius 3 is 2.48 bits per heavy atom. The van der Waals surface area contributed by atoms with E-state index >= 15 is 0 Å². The summed E-state index contributed by atoms with van der Waals surface area (Å²) in [5, 5.41) is 1.90. The van der Waals surface area contributed by atoms with Gasteiger partial charge in [0.15, 0.2) is 0 Å². The molecule has 1 aromatic carbocycles. The second kappa shape index (κ2) is 7.72. The molecule has 1 N–H and O–H groups in total. The first-order valence-corrected chi connectivity index (χ1v) is 9.68. The molecule has 0 fully saturated rings. The molecule has 0 atom stereocenters. The van der Waals surface area contributed by atoms with Gasteiger partial charge >= 0.3 is 0 Å². The maximum absolute atomic E-state index is 12.2. The molecule has 0 radical (unpaired) electrons. The number of amides is 1. The minimum atomic E-state index is -3.58. The molecule has 2 aromatic rings. The van der Waals surface area contributed by atoms with Crippen molar-refractivity contribution in [1.82, 2.24) is 9.62 Å². The minimum Gasteiger partial charge on any atom is -0.342 e. The topological polar surface area (TPSA) is 66.5 Å². The second-order valence-corrected chi connectivity index (χ2v) is 7.95. The third-order valence-electron chi connectivity index (χ3n) is 3.33. The summed E-state index contributed by atoms with van der Waals surface area (Å²) in [5.74, 6) is -0.109. The van der Waals surface area contributed by atoms with Crippen molar-refractivity contribution in [3.05, 3.63) is 52.2 Å². The van der Waals surface area contributed by atoms with Crippen molar-refractivity contribution >= 4 is 27.3 Å². The van der Waals surface area contributed by atoms with E-state index in [1.807, 2.05) is 24.4 Å². The third kappa shape index (κ3) is 4.63. The summed E-state index contributed by atoms with van der Waals surface area (Å²) in [7, 11) is -1.84. The van der Waals surface area contributed by atoms with Crippen LogP contribution in [0.25, 0.3) is 0 Å². The molecule has 124 valence electrons. The highest BCUT2D eigenvalue weighted by atomic mass is 32.2. The van der Waals surface area contributed by atoms with Gasteiger partial charge in [0.2, 0.25) is 10.0 Å². The Hall–Kier alpha value is -1.70. The predicted molar refractivity (Wildman–Crippen MR) is 92.0 cm³/mol. The van der Waals surface area contributed by atoms with Gasteiger partial charge in [0.1, 0.15) is 0 Å². The SMILES string of the molecule is CCCN(C)C(=O)c1ccc(S(=O)(=O)NCc2cccs2)cc1. The Bertz CT molecular complexity index is 738. The summed E-state index contributed by atoms with van der Waals surface area (Å²) in [6.45, 7) is 2.93. The molecule has 0 saturated carbocycles. The van der Waals surface area contributed by atoms with Gasteiger partial charge in [0.25, 0.3) is 5.91 Å². The van der Waals surface area contributed by atoms with Crippen molar-refractivity contribution in [3.63, 3.8) is 0 Å². The summed E-state index contributed by atoms with van der Waals surface area (Å²) in [6.07, 6.45) is 0.876. The van der Waals surface area contributed by atoms with E-state index in [4.69, 9.17) is 0 Å². The molecule has 0 aliphatic carbocycles. The van der Waals surface area contributed by atoms with E-state index in [1.54, 1.807) is 24.1 Å². The summed E-state index contributed by atoms with van der Waals surface area (Å²) in [6, 6.07) is 9.77. The minimum absolute atomic E-state index is 0.109. The van der Waals surface area contributed by atoms with E-state index in [9.17, 15) is 13.2 Å². The fourth-order valence-corrected chi connectivity index (χ4v) is 3.84. The van der Waals surface area contributed by atoms with Crippen LogP contribution in [0.5, 0.6) is 0 Å². The standard InChI is InChI=1S/C16H20N2O3S2/c1-3-10-18(2)16(19)13-6-8-15(9-7-13)23(20,21)17-12-14-5-4-11-22-14/h4-9,11,17H,3,10,12H2,1-2H3. The number of nitrogens with one attached hydrogen (secondary N) is 1. The highest BCUT2D eigenvalue weighted by molar-refractivity contribution is 7.89. The first kappa shape index (κ1) is 17.7. The molecule has 0 saturated heterocycles. The quantitative estimate of drug-likeness (QED) is 0.833. The number of carbonyl (C=O) groups is 1. The zero-order valence-corrected chi connectivity index (χ0v) is 14.8. The predicted octanol–water partition coefficient (Wildman–Crippen LogP) is 2.71. The Labute approximate surface area is 141 Å². The van der Waals surface area contributed by atoms with Crippen LogP contribution < -0.4 is 4.72 Å². The molecule has 0 aliphatic rings. The molecule has 0 spiro atoms. The number of hydrogen-bond acceptors (Lipinski definition) is 4. The zero-order chi connectivity index (χ0) is 16.9. The first-order chi connectivity index (χ1) is 10.9. The smallest absolute Gasteiger partial charge is 0.253 e. The number of benzene rings is 1. The lowest BCUT2D eigenvalue weighted by atomic mass is 10.2. The molecular formula is C16H20N2O3S2. The highest BCUT2D eigenvalue weighted by Crippen LogP contribution is 2.14. The van der Waals surface area contributed by atoms with Gasteiger partial charge in [0.05, 0.1) is 4.90 Å². The van der Waals surface area contributed by atoms with Gasteiger partial charge in [-0.2, -0.15) is 0 Å². The van der Waals surface area contributed by atoms with Gasteiger partial charge in [-0.3, -0.25) is 4.79 Å². The normalized spacial score (nSPS) is 11.4. The third-order valence-corrected chi connectivity index (χ3v) is 5.63. The second-order valence-electron chi connectivity index (χ2n) is 5.15. The van der Waals surface area contributed by atoms with E-state index in [0.717, 1.165) is 11.3 Å². The van der Waals surface area contributed by atoms with Crippen molar-refractivity contribution in [3.8, 4) is 0 Å². The number of hydrogen-bond donors (Lipinski definition) is 1. The van der Waals surface area contributed by atoms with Crippen LogP contribution >= 0.6 is 11.3 Å². The number of nitrogens with zero attached hydrogens (tertiary/aromatic N) is 1. The average Bonchev–Trinajstić information content (AvgIpc) is 3.06. The molecule has 7 heteroatoms. The van der Waals surface area contributed by atoms with E-state index in [-0.39, 0.29) is 17.3 Å². The van der Waals surface area contributed by atoms with Gasteiger partial charge in [-0.15, -0.1) is 11.3 Å². The molecule has 0 aliphatic heterocycles. The van der Waals surface area contributed by atoms with E-state index in [0.29, 0.717) is 12.1 Å². The Morgan fingerprint density at radius 2 is 1.91 bits per heavy atom. The Balaban J connectivity index is 2.07. The Kier molecular flexibility index (Phi) is 5.92. The van der Waals surface area contributed by atoms with Gasteiger partial charge in [-0.05, 0) is 42.1 Å². The summed E-state index contributed by atoms with van der Waals surface area (Å²) in [5.41, 5.74) is 0.484. The van der Waals surface area contributed by atoms with Gasteiger partial charge < -0.3 is 4.90 Å². The highest BCUT2D eigenvalue weighted by Gasteiger charge is 2.16. The van der Waals surface area contributed by atoms with Crippen LogP contribution in [0.2, 0.25) is 0 Å². The number of thiophene rings is 1. The van der Waals surface area contributed by atoms with Gasteiger partial charge in [0, 0.05) is 30.6 Å². The van der Waals surface area contributed by atoms with Crippen LogP contribution in [0.3, 0.4) is 0 Å². The number of sulfonamides is 1. The molecule has 1 amide bonds. The molecule has 1 heterocycles. The van der Waals surface area contributed by atoms with E-state index in [1.165, 1.54) is 23.5 Å². The van der Waals surface area contributed by atoms with Gasteiger partial charge in [-0.1, -0.05) is 13.0 Å². The van der Waals surface area contributed by atoms with Crippen LogP contribution in [0.4, 0.5) is 0 Å². The molecule has 0 unspecified atom stereocenters. The van der Waals surface area contributed by atoms with Crippen LogP contribution in [-0.2, 0) is 16.6 Å². The number of carbonyl (C=O) groups excluding carboxylic acids is 1. The largest absolute Gasteiger partial charge is 0.342 e. The van der Waals surface area contributed by atoms with Crippen LogP contribution in [0, 0.1) is 0 Å². The fourth-order valence-electron chi connectivity index (χ4n) is 2.10. The molecule has 2 rings (SSSR count). The molecular weight excluding hydrogens is 332 g/mol. The monoisotopic (exact) mass is 352 g/mol. The molecule has 0 bridgehead atoms. The van der Waals surface area contributed by atoms with E-state index in [2.05, 4.69) is 4.72 Å². The zero-order valence-electron chi connectivity index (χ0n) is 13.2. The lowest BCUT2D eigenvalue weighted by Crippen LogP contribution is -2.27. The van der Waals surface area contributed by atoms with Crippen molar-refractivity contribution < 1.29 is 13.2 Å². The van der Waals surface area contributed by atoms with Gasteiger partial charge in [-0.25, -0.2) is 13.1 Å². The molecule has 5 nitrogen and oxygen atoms in total. The van der Waals surface area contributed by atoms with Crippen molar-refractivity contribution in [2.45, 2.75) is 24.8 Å². The fraction of sp³-hybridized carbons (Fsp3) is 0.312. The maximum Gasteiger partial charge on any atom is 0.253 e. The molecule has 23 heavy (non-hydrogen) atoms. The van der Waals surface area contributed by atoms with Crippen molar-refractivity contribution in [2.75, 3.05) is 13.6 Å². The summed E-state index contributed by atoms with van der Waals surface area (Å²) in [4.78, 5) is 14.9. The summed E-state index contributed by atoms with van der Waals surface area (Å²) >= 11 is 1.50. The van der Waals surface area contributed by atoms with Crippen LogP contribution in [0.15, 0.2) is 46.7 Å². The number of rotatable bonds is 7. The lowest BCUT2D eigenvalue weighted by molar-refractivity contribution is 0.0795. The molecule has 1 aromatic heterocycles. The van der Waals surface area contributed by atoms with Crippen LogP contribution in [-0.4, -0.2) is 32.8 Å². The first-order valence-electron chi connectivity index (χ1n) is 7.31.